The molecule has 1 aliphatic rings. The summed E-state index contributed by atoms with van der Waals surface area (Å²) in [4.78, 5) is 11.2. The predicted molar refractivity (Wildman–Crippen MR) is 57.0 cm³/mol. The Morgan fingerprint density at radius 3 is 2.38 bits per heavy atom. The summed E-state index contributed by atoms with van der Waals surface area (Å²) in [7, 11) is 0. The molecule has 1 aromatic carbocycles. The van der Waals surface area contributed by atoms with Gasteiger partial charge in [-0.2, -0.15) is 0 Å². The lowest BCUT2D eigenvalue weighted by molar-refractivity contribution is -0.115. The Labute approximate surface area is 92.8 Å². The molecule has 1 aliphatic carbocycles. The molecule has 84 valence electrons. The van der Waals surface area contributed by atoms with Gasteiger partial charge in [-0.3, -0.25) is 4.79 Å². The van der Waals surface area contributed by atoms with Crippen LogP contribution in [0.4, 0.5) is 8.78 Å². The predicted octanol–water partition coefficient (Wildman–Crippen LogP) is 3.19. The molecule has 0 radical (unpaired) electrons. The lowest BCUT2D eigenvalue weighted by Crippen LogP contribution is -2.04. The highest BCUT2D eigenvalue weighted by Gasteiger charge is 2.11. The number of carbonyl (C=O) groups excluding carboxylic acids is 1. The van der Waals surface area contributed by atoms with E-state index in [1.165, 1.54) is 12.1 Å². The largest absolute Gasteiger partial charge is 0.295 e. The molecule has 1 aromatic rings. The molecule has 0 bridgehead atoms. The first-order valence-corrected chi connectivity index (χ1v) is 5.31. The highest BCUT2D eigenvalue weighted by Crippen LogP contribution is 2.20. The Morgan fingerprint density at radius 1 is 1.06 bits per heavy atom. The minimum absolute atomic E-state index is 0.109. The normalized spacial score (nSPS) is 16.1. The van der Waals surface area contributed by atoms with Crippen LogP contribution in [0.3, 0.4) is 0 Å². The summed E-state index contributed by atoms with van der Waals surface area (Å²) in [6, 6.07) is 3.47. The Hall–Kier alpha value is -1.51. The summed E-state index contributed by atoms with van der Waals surface area (Å²) < 4.78 is 25.9. The van der Waals surface area contributed by atoms with E-state index in [0.29, 0.717) is 18.4 Å². The lowest BCUT2D eigenvalue weighted by atomic mass is 9.93. The zero-order chi connectivity index (χ0) is 11.5. The number of hydrogen-bond acceptors (Lipinski definition) is 1. The maximum Gasteiger partial charge on any atom is 0.155 e. The van der Waals surface area contributed by atoms with Gasteiger partial charge in [0.15, 0.2) is 5.78 Å². The molecule has 0 atom stereocenters. The van der Waals surface area contributed by atoms with E-state index in [9.17, 15) is 13.6 Å². The van der Waals surface area contributed by atoms with Crippen LogP contribution in [-0.4, -0.2) is 5.78 Å². The van der Waals surface area contributed by atoms with Gasteiger partial charge in [0.05, 0.1) is 0 Å². The second-order valence-corrected chi connectivity index (χ2v) is 4.08. The zero-order valence-corrected chi connectivity index (χ0v) is 8.80. The number of halogens is 2. The van der Waals surface area contributed by atoms with Crippen LogP contribution >= 0.6 is 0 Å². The van der Waals surface area contributed by atoms with E-state index in [1.54, 1.807) is 6.08 Å². The van der Waals surface area contributed by atoms with Crippen LogP contribution in [-0.2, 0) is 11.2 Å². The van der Waals surface area contributed by atoms with Gasteiger partial charge in [0, 0.05) is 12.5 Å². The van der Waals surface area contributed by atoms with Gasteiger partial charge >= 0.3 is 0 Å². The Kier molecular flexibility index (Phi) is 3.13. The maximum atomic E-state index is 12.9. The topological polar surface area (TPSA) is 17.1 Å². The number of carbonyl (C=O) groups is 1. The second-order valence-electron chi connectivity index (χ2n) is 4.08. The Bertz CT molecular complexity index is 429. The van der Waals surface area contributed by atoms with Crippen LogP contribution < -0.4 is 0 Å². The average Bonchev–Trinajstić information content (AvgIpc) is 2.15. The van der Waals surface area contributed by atoms with Crippen LogP contribution in [0.5, 0.6) is 0 Å². The fourth-order valence-electron chi connectivity index (χ4n) is 1.98. The van der Waals surface area contributed by atoms with Crippen molar-refractivity contribution in [3.05, 3.63) is 47.0 Å². The van der Waals surface area contributed by atoms with Crippen molar-refractivity contribution in [2.45, 2.75) is 25.7 Å². The molecule has 0 heterocycles. The van der Waals surface area contributed by atoms with Crippen molar-refractivity contribution in [1.82, 2.24) is 0 Å². The van der Waals surface area contributed by atoms with Gasteiger partial charge in [-0.15, -0.1) is 0 Å². The van der Waals surface area contributed by atoms with Crippen molar-refractivity contribution < 1.29 is 13.6 Å². The molecular formula is C13H12F2O. The van der Waals surface area contributed by atoms with E-state index in [2.05, 4.69) is 0 Å². The summed E-state index contributed by atoms with van der Waals surface area (Å²) in [6.45, 7) is 0. The van der Waals surface area contributed by atoms with Crippen molar-refractivity contribution >= 4 is 5.78 Å². The monoisotopic (exact) mass is 222 g/mol. The van der Waals surface area contributed by atoms with Gasteiger partial charge < -0.3 is 0 Å². The number of benzene rings is 1. The van der Waals surface area contributed by atoms with Crippen LogP contribution in [0.15, 0.2) is 29.8 Å². The van der Waals surface area contributed by atoms with Crippen LogP contribution in [0.2, 0.25) is 0 Å². The van der Waals surface area contributed by atoms with Gasteiger partial charge in [0.25, 0.3) is 0 Å². The molecule has 0 N–H and O–H groups in total. The molecule has 0 saturated heterocycles. The van der Waals surface area contributed by atoms with Crippen molar-refractivity contribution in [2.24, 2.45) is 0 Å². The fourth-order valence-corrected chi connectivity index (χ4v) is 1.98. The second kappa shape index (κ2) is 4.56. The van der Waals surface area contributed by atoms with E-state index in [4.69, 9.17) is 0 Å². The summed E-state index contributed by atoms with van der Waals surface area (Å²) in [5.74, 6) is -1.03. The lowest BCUT2D eigenvalue weighted by Gasteiger charge is -2.11. The molecule has 0 aromatic heterocycles. The standard InChI is InChI=1S/C13H12F2O/c14-11-5-10(6-12(15)8-11)4-9-2-1-3-13(16)7-9/h5-8H,1-4H2. The molecular weight excluding hydrogens is 210 g/mol. The first-order valence-electron chi connectivity index (χ1n) is 5.31. The van der Waals surface area contributed by atoms with Gasteiger partial charge in [-0.25, -0.2) is 8.78 Å². The first kappa shape index (κ1) is 11.0. The summed E-state index contributed by atoms with van der Waals surface area (Å²) in [5, 5.41) is 0. The molecule has 0 spiro atoms. The Balaban J connectivity index is 2.17. The molecule has 0 fully saturated rings. The highest BCUT2D eigenvalue weighted by atomic mass is 19.1. The third-order valence-corrected chi connectivity index (χ3v) is 2.64. The van der Waals surface area contributed by atoms with Gasteiger partial charge in [0.2, 0.25) is 0 Å². The van der Waals surface area contributed by atoms with E-state index >= 15 is 0 Å². The van der Waals surface area contributed by atoms with E-state index in [0.717, 1.165) is 24.5 Å². The summed E-state index contributed by atoms with van der Waals surface area (Å²) >= 11 is 0. The molecule has 1 nitrogen and oxygen atoms in total. The zero-order valence-electron chi connectivity index (χ0n) is 8.80. The maximum absolute atomic E-state index is 12.9. The Morgan fingerprint density at radius 2 is 1.75 bits per heavy atom. The summed E-state index contributed by atoms with van der Waals surface area (Å²) in [6.07, 6.45) is 4.32. The van der Waals surface area contributed by atoms with E-state index < -0.39 is 11.6 Å². The van der Waals surface area contributed by atoms with Gasteiger partial charge in [-0.05, 0) is 43.0 Å². The number of ketones is 1. The molecule has 0 unspecified atom stereocenters. The molecule has 16 heavy (non-hydrogen) atoms. The van der Waals surface area contributed by atoms with E-state index in [1.807, 2.05) is 0 Å². The first-order chi connectivity index (χ1) is 7.63. The molecule has 3 heteroatoms. The summed E-state index contributed by atoms with van der Waals surface area (Å²) in [5.41, 5.74) is 1.54. The van der Waals surface area contributed by atoms with Gasteiger partial charge in [-0.1, -0.05) is 5.57 Å². The van der Waals surface area contributed by atoms with Crippen LogP contribution in [0, 0.1) is 11.6 Å². The third kappa shape index (κ3) is 2.75. The van der Waals surface area contributed by atoms with Crippen molar-refractivity contribution in [1.29, 1.82) is 0 Å². The minimum Gasteiger partial charge on any atom is -0.295 e. The highest BCUT2D eigenvalue weighted by molar-refractivity contribution is 5.91. The molecule has 0 aliphatic heterocycles. The van der Waals surface area contributed by atoms with Crippen LogP contribution in [0.1, 0.15) is 24.8 Å². The quantitative estimate of drug-likeness (QED) is 0.751. The van der Waals surface area contributed by atoms with Crippen molar-refractivity contribution in [3.8, 4) is 0 Å². The molecule has 0 amide bonds. The fraction of sp³-hybridized carbons (Fsp3) is 0.308. The van der Waals surface area contributed by atoms with Crippen LogP contribution in [0.25, 0.3) is 0 Å². The van der Waals surface area contributed by atoms with Crippen molar-refractivity contribution in [3.63, 3.8) is 0 Å². The smallest absolute Gasteiger partial charge is 0.155 e. The molecule has 0 saturated carbocycles. The number of allylic oxidation sites excluding steroid dienone is 2. The minimum atomic E-state index is -0.572. The number of rotatable bonds is 2. The molecule has 2 rings (SSSR count). The SMILES string of the molecule is O=C1C=C(Cc2cc(F)cc(F)c2)CCC1. The van der Waals surface area contributed by atoms with Gasteiger partial charge in [0.1, 0.15) is 11.6 Å². The van der Waals surface area contributed by atoms with E-state index in [-0.39, 0.29) is 5.78 Å². The van der Waals surface area contributed by atoms with Crippen molar-refractivity contribution in [2.75, 3.05) is 0 Å². The average molecular weight is 222 g/mol. The third-order valence-electron chi connectivity index (χ3n) is 2.64. The number of hydrogen-bond donors (Lipinski definition) is 0.